The van der Waals surface area contributed by atoms with Gasteiger partial charge in [0.1, 0.15) is 5.75 Å². The Morgan fingerprint density at radius 1 is 1.32 bits per heavy atom. The van der Waals surface area contributed by atoms with Gasteiger partial charge in [0.2, 0.25) is 0 Å². The number of hydrogen-bond acceptors (Lipinski definition) is 5. The second kappa shape index (κ2) is 7.30. The number of ether oxygens (including phenoxy) is 2. The van der Waals surface area contributed by atoms with Crippen molar-refractivity contribution in [3.05, 3.63) is 39.8 Å². The molecule has 1 aromatic carbocycles. The first-order chi connectivity index (χ1) is 13.2. The molecule has 0 fully saturated rings. The van der Waals surface area contributed by atoms with Gasteiger partial charge in [0.15, 0.2) is 5.13 Å². The van der Waals surface area contributed by atoms with Gasteiger partial charge in [-0.1, -0.05) is 0 Å². The fourth-order valence-corrected chi connectivity index (χ4v) is 3.73. The maximum atomic E-state index is 14.0. The average molecular weight is 418 g/mol. The fourth-order valence-electron chi connectivity index (χ4n) is 2.94. The van der Waals surface area contributed by atoms with Crippen LogP contribution in [0.25, 0.3) is 0 Å². The molecule has 0 bridgehead atoms. The lowest BCUT2D eigenvalue weighted by Gasteiger charge is -2.36. The van der Waals surface area contributed by atoms with Crippen LogP contribution in [0, 0.1) is 5.13 Å². The molecule has 0 saturated carbocycles. The summed E-state index contributed by atoms with van der Waals surface area (Å²) in [5, 5.41) is 3.04. The molecule has 0 aliphatic carbocycles. The monoisotopic (exact) mass is 418 g/mol. The van der Waals surface area contributed by atoms with Gasteiger partial charge in [0, 0.05) is 10.9 Å². The number of benzene rings is 1. The quantitative estimate of drug-likeness (QED) is 0.584. The molecule has 2 amide bonds. The van der Waals surface area contributed by atoms with Gasteiger partial charge >= 0.3 is 18.2 Å². The molecule has 150 valence electrons. The maximum absolute atomic E-state index is 14.0. The predicted octanol–water partition coefficient (Wildman–Crippen LogP) is 4.57. The Balaban J connectivity index is 2.17. The van der Waals surface area contributed by atoms with Gasteiger partial charge < -0.3 is 14.8 Å². The number of nitrogens with zero attached hydrogens (tertiary/aromatic N) is 1. The largest absolute Gasteiger partial charge is 0.495 e. The molecule has 11 heteroatoms. The third-order valence-electron chi connectivity index (χ3n) is 4.25. The van der Waals surface area contributed by atoms with Crippen LogP contribution in [0.3, 0.4) is 0 Å². The molecule has 1 unspecified atom stereocenters. The summed E-state index contributed by atoms with van der Waals surface area (Å²) in [5.74, 6) is -0.731. The second-order valence-corrected chi connectivity index (χ2v) is 6.65. The minimum atomic E-state index is -4.66. The lowest BCUT2D eigenvalue weighted by atomic mass is 10.00. The van der Waals surface area contributed by atoms with Gasteiger partial charge in [-0.2, -0.15) is 17.6 Å². The van der Waals surface area contributed by atoms with Gasteiger partial charge in [0.25, 0.3) is 0 Å². The van der Waals surface area contributed by atoms with Crippen LogP contribution in [0.5, 0.6) is 5.75 Å². The number of anilines is 2. The molecule has 6 nitrogen and oxygen atoms in total. The van der Waals surface area contributed by atoms with Crippen LogP contribution in [0.1, 0.15) is 23.6 Å². The highest BCUT2D eigenvalue weighted by molar-refractivity contribution is 7.09. The van der Waals surface area contributed by atoms with Crippen LogP contribution >= 0.6 is 11.3 Å². The number of thiophene rings is 1. The number of fused-ring (bicyclic) bond motifs is 1. The molecular weight excluding hydrogens is 404 g/mol. The fraction of sp³-hybridized carbons (Fsp3) is 0.294. The van der Waals surface area contributed by atoms with Crippen molar-refractivity contribution < 1.29 is 36.6 Å². The van der Waals surface area contributed by atoms with Crippen molar-refractivity contribution in [3.8, 4) is 5.75 Å². The summed E-state index contributed by atoms with van der Waals surface area (Å²) < 4.78 is 63.3. The third-order valence-corrected chi connectivity index (χ3v) is 5.03. The van der Waals surface area contributed by atoms with Crippen LogP contribution in [-0.4, -0.2) is 26.2 Å². The summed E-state index contributed by atoms with van der Waals surface area (Å²) in [6.07, 6.45) is -5.04. The highest BCUT2D eigenvalue weighted by atomic mass is 32.1. The maximum Gasteiger partial charge on any atom is 0.416 e. The molecule has 0 radical (unpaired) electrons. The summed E-state index contributed by atoms with van der Waals surface area (Å²) in [6.45, 7) is 0. The van der Waals surface area contributed by atoms with Gasteiger partial charge in [-0.3, -0.25) is 9.69 Å². The zero-order valence-electron chi connectivity index (χ0n) is 14.6. The summed E-state index contributed by atoms with van der Waals surface area (Å²) in [7, 11) is 2.37. The van der Waals surface area contributed by atoms with Crippen molar-refractivity contribution in [2.24, 2.45) is 0 Å². The standard InChI is InChI=1S/C17H14F4N2O4S/c1-26-12-4-3-8(17(19,20)21)5-11(12)23-10(6-13(24)27-2)9-7-28-15(18)14(9)22-16(23)25/h3-5,7,10H,6H2,1-2H3,(H,22,25). The first kappa shape index (κ1) is 19.9. The summed E-state index contributed by atoms with van der Waals surface area (Å²) in [5.41, 5.74) is -1.06. The number of methoxy groups -OCH3 is 2. The number of carbonyl (C=O) groups excluding carboxylic acids is 2. The molecule has 3 rings (SSSR count). The molecule has 2 aromatic rings. The van der Waals surface area contributed by atoms with Crippen LogP contribution in [0.15, 0.2) is 23.6 Å². The Kier molecular flexibility index (Phi) is 5.20. The van der Waals surface area contributed by atoms with E-state index in [1.165, 1.54) is 12.5 Å². The van der Waals surface area contributed by atoms with Gasteiger partial charge in [-0.15, -0.1) is 11.3 Å². The highest BCUT2D eigenvalue weighted by Crippen LogP contribution is 2.46. The minimum Gasteiger partial charge on any atom is -0.495 e. The first-order valence-corrected chi connectivity index (χ1v) is 8.74. The number of alkyl halides is 3. The molecule has 28 heavy (non-hydrogen) atoms. The SMILES string of the molecule is COC(=O)CC1c2csc(F)c2NC(=O)N1c1cc(C(F)(F)F)ccc1OC. The molecule has 1 aromatic heterocycles. The summed E-state index contributed by atoms with van der Waals surface area (Å²) >= 11 is 0.704. The molecule has 1 N–H and O–H groups in total. The number of amides is 2. The number of urea groups is 1. The van der Waals surface area contributed by atoms with E-state index >= 15 is 0 Å². The number of rotatable bonds is 4. The Morgan fingerprint density at radius 2 is 2.04 bits per heavy atom. The van der Waals surface area contributed by atoms with E-state index in [0.717, 1.165) is 30.2 Å². The molecule has 1 aliphatic heterocycles. The number of nitrogens with one attached hydrogen (secondary N) is 1. The van der Waals surface area contributed by atoms with Crippen molar-refractivity contribution in [2.45, 2.75) is 18.6 Å². The van der Waals surface area contributed by atoms with Gasteiger partial charge in [-0.25, -0.2) is 4.79 Å². The lowest BCUT2D eigenvalue weighted by Crippen LogP contribution is -2.43. The van der Waals surface area contributed by atoms with Crippen molar-refractivity contribution >= 4 is 34.7 Å². The Bertz CT molecular complexity index is 928. The van der Waals surface area contributed by atoms with Crippen LogP contribution in [0.2, 0.25) is 0 Å². The minimum absolute atomic E-state index is 0.0165. The third kappa shape index (κ3) is 3.49. The van der Waals surface area contributed by atoms with Crippen LogP contribution in [0.4, 0.5) is 33.7 Å². The number of esters is 1. The predicted molar refractivity (Wildman–Crippen MR) is 93.1 cm³/mol. The topological polar surface area (TPSA) is 67.9 Å². The van der Waals surface area contributed by atoms with E-state index < -0.39 is 34.9 Å². The molecule has 1 aliphatic rings. The van der Waals surface area contributed by atoms with Crippen molar-refractivity contribution in [2.75, 3.05) is 24.4 Å². The normalized spacial score (nSPS) is 16.4. The zero-order chi connectivity index (χ0) is 20.6. The lowest BCUT2D eigenvalue weighted by molar-refractivity contribution is -0.141. The highest BCUT2D eigenvalue weighted by Gasteiger charge is 2.40. The summed E-state index contributed by atoms with van der Waals surface area (Å²) in [4.78, 5) is 25.5. The van der Waals surface area contributed by atoms with E-state index in [4.69, 9.17) is 4.74 Å². The van der Waals surface area contributed by atoms with E-state index in [0.29, 0.717) is 11.3 Å². The van der Waals surface area contributed by atoms with Crippen molar-refractivity contribution in [1.29, 1.82) is 0 Å². The average Bonchev–Trinajstić information content (AvgIpc) is 3.01. The van der Waals surface area contributed by atoms with Crippen molar-refractivity contribution in [1.82, 2.24) is 0 Å². The second-order valence-electron chi connectivity index (χ2n) is 5.82. The zero-order valence-corrected chi connectivity index (χ0v) is 15.4. The Labute approximate surface area is 160 Å². The smallest absolute Gasteiger partial charge is 0.416 e. The van der Waals surface area contributed by atoms with E-state index in [1.807, 2.05) is 0 Å². The first-order valence-electron chi connectivity index (χ1n) is 7.86. The number of halogens is 4. The molecule has 2 heterocycles. The number of carbonyl (C=O) groups is 2. The van der Waals surface area contributed by atoms with E-state index in [2.05, 4.69) is 10.1 Å². The van der Waals surface area contributed by atoms with Gasteiger partial charge in [0.05, 0.1) is 43.6 Å². The number of hydrogen-bond donors (Lipinski definition) is 1. The molecule has 1 atom stereocenters. The molecular formula is C17H14F4N2O4S. The van der Waals surface area contributed by atoms with Gasteiger partial charge in [-0.05, 0) is 18.2 Å². The van der Waals surface area contributed by atoms with E-state index in [1.54, 1.807) is 0 Å². The molecule has 0 saturated heterocycles. The Morgan fingerprint density at radius 3 is 2.64 bits per heavy atom. The van der Waals surface area contributed by atoms with E-state index in [9.17, 15) is 27.2 Å². The van der Waals surface area contributed by atoms with Crippen LogP contribution in [-0.2, 0) is 15.7 Å². The molecule has 0 spiro atoms. The Hall–Kier alpha value is -2.82. The summed E-state index contributed by atoms with van der Waals surface area (Å²) in [6, 6.07) is 0.668. The van der Waals surface area contributed by atoms with Crippen molar-refractivity contribution in [3.63, 3.8) is 0 Å². The van der Waals surface area contributed by atoms with E-state index in [-0.39, 0.29) is 29.1 Å². The van der Waals surface area contributed by atoms with Crippen LogP contribution < -0.4 is 15.0 Å².